The van der Waals surface area contributed by atoms with Gasteiger partial charge in [-0.05, 0) is 69.8 Å². The third-order valence-corrected chi connectivity index (χ3v) is 8.79. The molecule has 7 nitrogen and oxygen atoms in total. The van der Waals surface area contributed by atoms with Crippen molar-refractivity contribution < 1.29 is 29.0 Å². The number of aliphatic carboxylic acids is 1. The molecule has 0 aromatic heterocycles. The molecule has 0 spiro atoms. The van der Waals surface area contributed by atoms with Gasteiger partial charge >= 0.3 is 0 Å². The van der Waals surface area contributed by atoms with Crippen LogP contribution in [0.1, 0.15) is 77.3 Å². The SMILES string of the molecule is CCOc1cc(C2C3=C(CC(C)(C)CC3=O)N(CC(=O)[O-])C3=C2C(=O)CC(C)(C)C3)cc(Br)c1OCc1ccccc1. The van der Waals surface area contributed by atoms with Crippen molar-refractivity contribution in [2.24, 2.45) is 10.8 Å². The number of carboxylic acid groups (broad SMARTS) is 1. The first-order valence-electron chi connectivity index (χ1n) is 14.4. The highest BCUT2D eigenvalue weighted by Crippen LogP contribution is 2.55. The molecule has 1 aliphatic heterocycles. The molecule has 222 valence electrons. The van der Waals surface area contributed by atoms with E-state index < -0.39 is 18.4 Å². The lowest BCUT2D eigenvalue weighted by molar-refractivity contribution is -0.305. The van der Waals surface area contributed by atoms with E-state index in [1.807, 2.05) is 77.1 Å². The zero-order valence-corrected chi connectivity index (χ0v) is 26.4. The summed E-state index contributed by atoms with van der Waals surface area (Å²) in [5, 5.41) is 12.0. The first-order chi connectivity index (χ1) is 19.8. The summed E-state index contributed by atoms with van der Waals surface area (Å²) in [5.74, 6) is -0.991. The Bertz CT molecular complexity index is 1450. The summed E-state index contributed by atoms with van der Waals surface area (Å²) in [6, 6.07) is 13.6. The molecule has 1 heterocycles. The van der Waals surface area contributed by atoms with Crippen molar-refractivity contribution in [1.29, 1.82) is 0 Å². The van der Waals surface area contributed by atoms with E-state index in [4.69, 9.17) is 9.47 Å². The Labute approximate surface area is 255 Å². The first-order valence-corrected chi connectivity index (χ1v) is 15.2. The van der Waals surface area contributed by atoms with E-state index in [2.05, 4.69) is 15.9 Å². The van der Waals surface area contributed by atoms with E-state index >= 15 is 0 Å². The lowest BCUT2D eigenvalue weighted by atomic mass is 9.63. The number of Topliss-reactive ketones (excluding diaryl/α,β-unsaturated/α-hetero) is 2. The molecular formula is C34H37BrNO6-. The maximum Gasteiger partial charge on any atom is 0.175 e. The van der Waals surface area contributed by atoms with E-state index in [0.717, 1.165) is 11.1 Å². The van der Waals surface area contributed by atoms with Gasteiger partial charge in [-0.15, -0.1) is 0 Å². The third kappa shape index (κ3) is 5.91. The lowest BCUT2D eigenvalue weighted by Gasteiger charge is -2.49. The Hall–Kier alpha value is -3.39. The quantitative estimate of drug-likeness (QED) is 0.359. The predicted molar refractivity (Wildman–Crippen MR) is 161 cm³/mol. The van der Waals surface area contributed by atoms with Gasteiger partial charge in [0.2, 0.25) is 0 Å². The zero-order chi connectivity index (χ0) is 30.4. The van der Waals surface area contributed by atoms with Crippen LogP contribution in [0, 0.1) is 10.8 Å². The van der Waals surface area contributed by atoms with Crippen LogP contribution >= 0.6 is 15.9 Å². The topological polar surface area (TPSA) is 96.0 Å². The minimum absolute atomic E-state index is 0.0720. The normalized spacial score (nSPS) is 19.9. The smallest absolute Gasteiger partial charge is 0.175 e. The van der Waals surface area contributed by atoms with Crippen molar-refractivity contribution in [2.45, 2.75) is 72.8 Å². The van der Waals surface area contributed by atoms with Gasteiger partial charge in [0.25, 0.3) is 0 Å². The number of ether oxygens (including phenoxy) is 2. The highest BCUT2D eigenvalue weighted by molar-refractivity contribution is 9.10. The van der Waals surface area contributed by atoms with Crippen LogP contribution in [0.2, 0.25) is 0 Å². The number of hydrogen-bond acceptors (Lipinski definition) is 7. The van der Waals surface area contributed by atoms with Crippen LogP contribution in [0.5, 0.6) is 11.5 Å². The lowest BCUT2D eigenvalue weighted by Crippen LogP contribution is -2.47. The number of nitrogens with zero attached hydrogens (tertiary/aromatic N) is 1. The summed E-state index contributed by atoms with van der Waals surface area (Å²) in [6.45, 7) is 10.3. The van der Waals surface area contributed by atoms with Crippen molar-refractivity contribution in [3.05, 3.63) is 80.6 Å². The highest BCUT2D eigenvalue weighted by Gasteiger charge is 2.49. The fourth-order valence-corrected chi connectivity index (χ4v) is 7.16. The van der Waals surface area contributed by atoms with Gasteiger partial charge in [-0.3, -0.25) is 9.59 Å². The second-order valence-electron chi connectivity index (χ2n) is 13.0. The van der Waals surface area contributed by atoms with Crippen molar-refractivity contribution in [3.8, 4) is 11.5 Å². The molecule has 0 unspecified atom stereocenters. The molecule has 0 N–H and O–H groups in total. The molecule has 8 heteroatoms. The molecule has 0 amide bonds. The average molecular weight is 636 g/mol. The van der Waals surface area contributed by atoms with Gasteiger partial charge in [-0.1, -0.05) is 58.0 Å². The van der Waals surface area contributed by atoms with E-state index in [9.17, 15) is 19.5 Å². The van der Waals surface area contributed by atoms with E-state index in [-0.39, 0.29) is 22.4 Å². The standard InChI is InChI=1S/C34H38BrNO6/c1-6-41-27-13-21(12-22(35)32(27)42-19-20-10-8-7-9-11-20)29-30-23(14-33(2,3)16-25(30)37)36(18-28(39)40)24-15-34(4,5)17-26(38)31(24)29/h7-13,29H,6,14-19H2,1-5H3,(H,39,40)/p-1. The average Bonchev–Trinajstić information content (AvgIpc) is 2.88. The molecule has 0 saturated heterocycles. The van der Waals surface area contributed by atoms with Crippen LogP contribution < -0.4 is 14.6 Å². The Morgan fingerprint density at radius 3 is 2.02 bits per heavy atom. The number of carbonyl (C=O) groups is 3. The van der Waals surface area contributed by atoms with Crippen LogP contribution in [0.15, 0.2) is 69.5 Å². The van der Waals surface area contributed by atoms with Crippen LogP contribution in [0.3, 0.4) is 0 Å². The summed E-state index contributed by atoms with van der Waals surface area (Å²) < 4.78 is 12.9. The maximum absolute atomic E-state index is 13.9. The Balaban J connectivity index is 1.69. The van der Waals surface area contributed by atoms with Gasteiger partial charge in [0, 0.05) is 41.3 Å². The predicted octanol–water partition coefficient (Wildman–Crippen LogP) is 5.86. The van der Waals surface area contributed by atoms with Crippen molar-refractivity contribution in [3.63, 3.8) is 0 Å². The fourth-order valence-electron chi connectivity index (χ4n) is 6.59. The van der Waals surface area contributed by atoms with Crippen LogP contribution in [0.4, 0.5) is 0 Å². The largest absolute Gasteiger partial charge is 0.548 e. The number of allylic oxidation sites excluding steroid dienone is 4. The van der Waals surface area contributed by atoms with Gasteiger partial charge < -0.3 is 24.3 Å². The molecule has 0 radical (unpaired) electrons. The number of halogens is 1. The second-order valence-corrected chi connectivity index (χ2v) is 13.9. The maximum atomic E-state index is 13.9. The molecule has 42 heavy (non-hydrogen) atoms. The number of hydrogen-bond donors (Lipinski definition) is 0. The molecule has 0 bridgehead atoms. The number of carboxylic acids is 1. The van der Waals surface area contributed by atoms with E-state index in [0.29, 0.717) is 77.4 Å². The van der Waals surface area contributed by atoms with Gasteiger partial charge in [-0.25, -0.2) is 0 Å². The third-order valence-electron chi connectivity index (χ3n) is 8.20. The molecule has 2 aromatic carbocycles. The fraction of sp³-hybridized carbons (Fsp3) is 0.441. The number of benzene rings is 2. The molecule has 3 aliphatic rings. The molecule has 5 rings (SSSR count). The first kappa shape index (κ1) is 30.1. The minimum atomic E-state index is -1.25. The Kier molecular flexibility index (Phi) is 8.14. The molecule has 0 fully saturated rings. The summed E-state index contributed by atoms with van der Waals surface area (Å²) in [4.78, 5) is 41.6. The van der Waals surface area contributed by atoms with E-state index in [1.165, 1.54) is 0 Å². The highest BCUT2D eigenvalue weighted by atomic mass is 79.9. The van der Waals surface area contributed by atoms with Crippen LogP contribution in [0.25, 0.3) is 0 Å². The Morgan fingerprint density at radius 2 is 1.50 bits per heavy atom. The monoisotopic (exact) mass is 634 g/mol. The second kappa shape index (κ2) is 11.4. The summed E-state index contributed by atoms with van der Waals surface area (Å²) >= 11 is 3.69. The van der Waals surface area contributed by atoms with Gasteiger partial charge in [0.05, 0.1) is 23.6 Å². The van der Waals surface area contributed by atoms with Crippen molar-refractivity contribution in [1.82, 2.24) is 4.90 Å². The molecule has 0 atom stereocenters. The summed E-state index contributed by atoms with van der Waals surface area (Å²) in [6.07, 6.45) is 1.64. The minimum Gasteiger partial charge on any atom is -0.548 e. The van der Waals surface area contributed by atoms with Crippen molar-refractivity contribution >= 4 is 33.5 Å². The van der Waals surface area contributed by atoms with Gasteiger partial charge in [0.1, 0.15) is 6.61 Å². The number of carbonyl (C=O) groups excluding carboxylic acids is 3. The molecular weight excluding hydrogens is 598 g/mol. The van der Waals surface area contributed by atoms with Crippen molar-refractivity contribution in [2.75, 3.05) is 13.2 Å². The number of rotatable bonds is 8. The van der Waals surface area contributed by atoms with Crippen LogP contribution in [-0.4, -0.2) is 35.6 Å². The van der Waals surface area contributed by atoms with E-state index in [1.54, 1.807) is 4.90 Å². The molecule has 0 saturated carbocycles. The summed E-state index contributed by atoms with van der Waals surface area (Å²) in [7, 11) is 0. The molecule has 2 aromatic rings. The van der Waals surface area contributed by atoms with Gasteiger partial charge in [-0.2, -0.15) is 0 Å². The van der Waals surface area contributed by atoms with Crippen LogP contribution in [-0.2, 0) is 21.0 Å². The Morgan fingerprint density at radius 1 is 0.929 bits per heavy atom. The zero-order valence-electron chi connectivity index (χ0n) is 24.8. The number of ketones is 2. The van der Waals surface area contributed by atoms with Gasteiger partial charge in [0.15, 0.2) is 23.1 Å². The molecule has 2 aliphatic carbocycles. The summed E-state index contributed by atoms with van der Waals surface area (Å²) in [5.41, 5.74) is 3.36.